The minimum Gasteiger partial charge on any atom is -0.372 e. The van der Waals surface area contributed by atoms with E-state index in [1.54, 1.807) is 0 Å². The number of benzene rings is 1. The first kappa shape index (κ1) is 10.5. The van der Waals surface area contributed by atoms with E-state index in [0.29, 0.717) is 6.61 Å². The second kappa shape index (κ2) is 4.61. The zero-order valence-corrected chi connectivity index (χ0v) is 8.17. The van der Waals surface area contributed by atoms with Crippen LogP contribution in [0.2, 0.25) is 0 Å². The summed E-state index contributed by atoms with van der Waals surface area (Å²) in [5.74, 6) is 0. The number of hydrogen-bond donors (Lipinski definition) is 1. The van der Waals surface area contributed by atoms with Gasteiger partial charge in [0, 0.05) is 6.04 Å². The van der Waals surface area contributed by atoms with Crippen LogP contribution < -0.4 is 5.73 Å². The highest BCUT2D eigenvalue weighted by Crippen LogP contribution is 2.27. The lowest BCUT2D eigenvalue weighted by atomic mass is 10.1. The second-order valence-electron chi connectivity index (χ2n) is 3.23. The highest BCUT2D eigenvalue weighted by molar-refractivity contribution is 5.85. The summed E-state index contributed by atoms with van der Waals surface area (Å²) in [6.07, 6.45) is 1.17. The smallest absolute Gasteiger partial charge is 0.0841 e. The summed E-state index contributed by atoms with van der Waals surface area (Å²) in [6, 6.07) is 10.5. The Morgan fingerprint density at radius 2 is 1.92 bits per heavy atom. The molecule has 1 heterocycles. The monoisotopic (exact) mass is 199 g/mol. The molecular weight excluding hydrogens is 186 g/mol. The van der Waals surface area contributed by atoms with E-state index in [0.717, 1.165) is 6.42 Å². The molecule has 3 heteroatoms. The number of halogens is 1. The number of rotatable bonds is 1. The van der Waals surface area contributed by atoms with Gasteiger partial charge >= 0.3 is 0 Å². The summed E-state index contributed by atoms with van der Waals surface area (Å²) >= 11 is 0. The molecule has 1 aliphatic rings. The van der Waals surface area contributed by atoms with Crippen molar-refractivity contribution in [3.63, 3.8) is 0 Å². The van der Waals surface area contributed by atoms with E-state index < -0.39 is 0 Å². The molecule has 2 unspecified atom stereocenters. The predicted octanol–water partition coefficient (Wildman–Crippen LogP) is 1.90. The van der Waals surface area contributed by atoms with Gasteiger partial charge < -0.3 is 10.5 Å². The zero-order chi connectivity index (χ0) is 8.39. The number of ether oxygens (including phenoxy) is 1. The van der Waals surface area contributed by atoms with Crippen LogP contribution in [0.15, 0.2) is 30.3 Å². The fraction of sp³-hybridized carbons (Fsp3) is 0.400. The normalized spacial score (nSPS) is 26.8. The largest absolute Gasteiger partial charge is 0.372 e. The molecule has 1 aromatic carbocycles. The molecular formula is C10H14ClNO. The maximum absolute atomic E-state index is 5.74. The van der Waals surface area contributed by atoms with Gasteiger partial charge in [-0.3, -0.25) is 0 Å². The van der Waals surface area contributed by atoms with Crippen LogP contribution in [-0.2, 0) is 4.74 Å². The Hall–Kier alpha value is -0.570. The maximum atomic E-state index is 5.74. The van der Waals surface area contributed by atoms with Crippen molar-refractivity contribution in [1.29, 1.82) is 0 Å². The van der Waals surface area contributed by atoms with E-state index in [-0.39, 0.29) is 24.6 Å². The van der Waals surface area contributed by atoms with Crippen molar-refractivity contribution < 1.29 is 4.74 Å². The van der Waals surface area contributed by atoms with Crippen molar-refractivity contribution >= 4 is 12.4 Å². The minimum atomic E-state index is 0. The molecule has 1 aliphatic heterocycles. The highest BCUT2D eigenvalue weighted by atomic mass is 35.5. The molecule has 1 fully saturated rings. The Labute approximate surface area is 84.5 Å². The Balaban J connectivity index is 0.000000845. The molecule has 1 aromatic rings. The quantitative estimate of drug-likeness (QED) is 0.750. The lowest BCUT2D eigenvalue weighted by molar-refractivity contribution is 0.110. The Kier molecular flexibility index (Phi) is 3.72. The van der Waals surface area contributed by atoms with Gasteiger partial charge in [0.25, 0.3) is 0 Å². The average Bonchev–Trinajstić information content (AvgIpc) is 2.54. The molecule has 0 saturated carbocycles. The Bertz CT molecular complexity index is 252. The van der Waals surface area contributed by atoms with Gasteiger partial charge in [-0.15, -0.1) is 12.4 Å². The van der Waals surface area contributed by atoms with E-state index in [1.165, 1.54) is 5.56 Å². The molecule has 2 nitrogen and oxygen atoms in total. The molecule has 2 rings (SSSR count). The molecule has 0 amide bonds. The zero-order valence-electron chi connectivity index (χ0n) is 7.35. The molecule has 1 saturated heterocycles. The van der Waals surface area contributed by atoms with Gasteiger partial charge in [-0.25, -0.2) is 0 Å². The molecule has 0 bridgehead atoms. The van der Waals surface area contributed by atoms with Gasteiger partial charge in [0.05, 0.1) is 12.7 Å². The highest BCUT2D eigenvalue weighted by Gasteiger charge is 2.23. The molecule has 13 heavy (non-hydrogen) atoms. The molecule has 0 aromatic heterocycles. The summed E-state index contributed by atoms with van der Waals surface area (Å²) in [7, 11) is 0. The fourth-order valence-corrected chi connectivity index (χ4v) is 1.55. The molecule has 0 radical (unpaired) electrons. The maximum Gasteiger partial charge on any atom is 0.0841 e. The second-order valence-corrected chi connectivity index (χ2v) is 3.23. The van der Waals surface area contributed by atoms with Crippen LogP contribution >= 0.6 is 12.4 Å². The van der Waals surface area contributed by atoms with Gasteiger partial charge in [-0.05, 0) is 12.0 Å². The summed E-state index contributed by atoms with van der Waals surface area (Å²) in [5.41, 5.74) is 6.98. The molecule has 2 atom stereocenters. The third kappa shape index (κ3) is 2.44. The average molecular weight is 200 g/mol. The first-order valence-electron chi connectivity index (χ1n) is 4.28. The van der Waals surface area contributed by atoms with Gasteiger partial charge in [0.2, 0.25) is 0 Å². The van der Waals surface area contributed by atoms with Gasteiger partial charge in [-0.1, -0.05) is 30.3 Å². The molecule has 72 valence electrons. The van der Waals surface area contributed by atoms with Crippen LogP contribution in [-0.4, -0.2) is 12.6 Å². The van der Waals surface area contributed by atoms with Crippen molar-refractivity contribution in [1.82, 2.24) is 0 Å². The topological polar surface area (TPSA) is 35.2 Å². The first-order chi connectivity index (χ1) is 5.86. The number of hydrogen-bond acceptors (Lipinski definition) is 2. The van der Waals surface area contributed by atoms with Crippen LogP contribution in [0.3, 0.4) is 0 Å². The lowest BCUT2D eigenvalue weighted by Gasteiger charge is -2.08. The van der Waals surface area contributed by atoms with Gasteiger partial charge in [0.1, 0.15) is 0 Å². The molecule has 0 spiro atoms. The van der Waals surface area contributed by atoms with E-state index >= 15 is 0 Å². The predicted molar refractivity (Wildman–Crippen MR) is 55.0 cm³/mol. The van der Waals surface area contributed by atoms with E-state index in [9.17, 15) is 0 Å². The van der Waals surface area contributed by atoms with Crippen LogP contribution in [0.5, 0.6) is 0 Å². The standard InChI is InChI=1S/C10H13NO.ClH/c11-9-6-10(12-7-9)8-4-2-1-3-5-8;/h1-5,9-10H,6-7,11H2;1H. The summed E-state index contributed by atoms with van der Waals surface area (Å²) in [5, 5.41) is 0. The van der Waals surface area contributed by atoms with Gasteiger partial charge in [-0.2, -0.15) is 0 Å². The summed E-state index contributed by atoms with van der Waals surface area (Å²) in [6.45, 7) is 0.694. The molecule has 0 aliphatic carbocycles. The SMILES string of the molecule is Cl.NC1COC(c2ccccc2)C1. The van der Waals surface area contributed by atoms with E-state index in [1.807, 2.05) is 18.2 Å². The molecule has 2 N–H and O–H groups in total. The van der Waals surface area contributed by atoms with Crippen LogP contribution in [0.4, 0.5) is 0 Å². The fourth-order valence-electron chi connectivity index (χ4n) is 1.55. The van der Waals surface area contributed by atoms with E-state index in [2.05, 4.69) is 12.1 Å². The van der Waals surface area contributed by atoms with Crippen molar-refractivity contribution in [2.24, 2.45) is 5.73 Å². The number of nitrogens with two attached hydrogens (primary N) is 1. The van der Waals surface area contributed by atoms with Crippen molar-refractivity contribution in [2.45, 2.75) is 18.6 Å². The summed E-state index contributed by atoms with van der Waals surface area (Å²) < 4.78 is 5.53. The lowest BCUT2D eigenvalue weighted by Crippen LogP contribution is -2.18. The van der Waals surface area contributed by atoms with Crippen LogP contribution in [0, 0.1) is 0 Å². The Morgan fingerprint density at radius 3 is 2.46 bits per heavy atom. The van der Waals surface area contributed by atoms with Crippen molar-refractivity contribution in [3.05, 3.63) is 35.9 Å². The third-order valence-electron chi connectivity index (χ3n) is 2.20. The third-order valence-corrected chi connectivity index (χ3v) is 2.20. The summed E-state index contributed by atoms with van der Waals surface area (Å²) in [4.78, 5) is 0. The Morgan fingerprint density at radius 1 is 1.23 bits per heavy atom. The van der Waals surface area contributed by atoms with Crippen LogP contribution in [0.1, 0.15) is 18.1 Å². The van der Waals surface area contributed by atoms with E-state index in [4.69, 9.17) is 10.5 Å². The van der Waals surface area contributed by atoms with Crippen LogP contribution in [0.25, 0.3) is 0 Å². The minimum absolute atomic E-state index is 0. The first-order valence-corrected chi connectivity index (χ1v) is 4.28. The van der Waals surface area contributed by atoms with Crippen molar-refractivity contribution in [3.8, 4) is 0 Å². The van der Waals surface area contributed by atoms with Gasteiger partial charge in [0.15, 0.2) is 0 Å². The van der Waals surface area contributed by atoms with Crippen molar-refractivity contribution in [2.75, 3.05) is 6.61 Å².